The summed E-state index contributed by atoms with van der Waals surface area (Å²) in [6, 6.07) is 5.93. The van der Waals surface area contributed by atoms with Gasteiger partial charge in [0.25, 0.3) is 5.91 Å². The Kier molecular flexibility index (Phi) is 2.95. The number of furan rings is 1. The Bertz CT molecular complexity index is 482. The molecule has 2 aromatic heterocycles. The average molecular weight is 220 g/mol. The van der Waals surface area contributed by atoms with Crippen LogP contribution < -0.4 is 5.32 Å². The van der Waals surface area contributed by atoms with Crippen LogP contribution in [0.4, 0.5) is 4.39 Å². The zero-order valence-corrected chi connectivity index (χ0v) is 8.31. The second-order valence-electron chi connectivity index (χ2n) is 3.09. The van der Waals surface area contributed by atoms with Gasteiger partial charge in [-0.1, -0.05) is 0 Å². The van der Waals surface area contributed by atoms with Crippen molar-refractivity contribution >= 4 is 5.91 Å². The van der Waals surface area contributed by atoms with Crippen molar-refractivity contribution in [3.63, 3.8) is 0 Å². The van der Waals surface area contributed by atoms with Gasteiger partial charge in [-0.25, -0.2) is 4.39 Å². The van der Waals surface area contributed by atoms with E-state index in [1.807, 2.05) is 0 Å². The number of carbonyl (C=O) groups excluding carboxylic acids is 1. The number of pyridine rings is 1. The molecule has 0 unspecified atom stereocenters. The fourth-order valence-corrected chi connectivity index (χ4v) is 1.21. The number of nitrogens with zero attached hydrogens (tertiary/aromatic N) is 1. The van der Waals surface area contributed by atoms with Crippen LogP contribution in [-0.4, -0.2) is 10.9 Å². The summed E-state index contributed by atoms with van der Waals surface area (Å²) in [7, 11) is 0. The average Bonchev–Trinajstić information content (AvgIpc) is 2.81. The third kappa shape index (κ3) is 2.25. The summed E-state index contributed by atoms with van der Waals surface area (Å²) in [6.45, 7) is 0.0339. The Balaban J connectivity index is 1.98. The zero-order chi connectivity index (χ0) is 11.4. The van der Waals surface area contributed by atoms with Gasteiger partial charge in [0.2, 0.25) is 0 Å². The second kappa shape index (κ2) is 4.57. The summed E-state index contributed by atoms with van der Waals surface area (Å²) < 4.78 is 18.0. The smallest absolute Gasteiger partial charge is 0.287 e. The molecule has 1 N–H and O–H groups in total. The number of amides is 1. The lowest BCUT2D eigenvalue weighted by molar-refractivity contribution is 0.0922. The van der Waals surface area contributed by atoms with Crippen molar-refractivity contribution in [3.05, 3.63) is 54.0 Å². The van der Waals surface area contributed by atoms with Crippen molar-refractivity contribution in [1.82, 2.24) is 10.3 Å². The van der Waals surface area contributed by atoms with Crippen LogP contribution in [0, 0.1) is 5.82 Å². The predicted molar refractivity (Wildman–Crippen MR) is 54.1 cm³/mol. The molecular weight excluding hydrogens is 211 g/mol. The van der Waals surface area contributed by atoms with E-state index in [1.165, 1.54) is 30.7 Å². The molecule has 0 aromatic carbocycles. The highest BCUT2D eigenvalue weighted by Gasteiger charge is 2.09. The lowest BCUT2D eigenvalue weighted by atomic mass is 10.3. The molecule has 0 aliphatic heterocycles. The van der Waals surface area contributed by atoms with Gasteiger partial charge < -0.3 is 9.73 Å². The SMILES string of the molecule is O=C(NCc1ncccc1F)c1ccco1. The van der Waals surface area contributed by atoms with Crippen LogP contribution in [0.2, 0.25) is 0 Å². The van der Waals surface area contributed by atoms with Crippen LogP contribution in [-0.2, 0) is 6.54 Å². The monoisotopic (exact) mass is 220 g/mol. The van der Waals surface area contributed by atoms with E-state index in [9.17, 15) is 9.18 Å². The highest BCUT2D eigenvalue weighted by Crippen LogP contribution is 2.03. The standard InChI is InChI=1S/C11H9FN2O2/c12-8-3-1-5-13-9(8)7-14-11(15)10-4-2-6-16-10/h1-6H,7H2,(H,14,15). The van der Waals surface area contributed by atoms with E-state index in [-0.39, 0.29) is 18.0 Å². The molecule has 82 valence electrons. The maximum Gasteiger partial charge on any atom is 0.287 e. The molecule has 0 aliphatic rings. The molecule has 0 bridgehead atoms. The summed E-state index contributed by atoms with van der Waals surface area (Å²) in [5.74, 6) is -0.645. The van der Waals surface area contributed by atoms with Crippen LogP contribution in [0.3, 0.4) is 0 Å². The molecule has 4 nitrogen and oxygen atoms in total. The summed E-state index contributed by atoms with van der Waals surface area (Å²) in [4.78, 5) is 15.2. The van der Waals surface area contributed by atoms with Crippen molar-refractivity contribution in [3.8, 4) is 0 Å². The molecule has 0 saturated heterocycles. The summed E-state index contributed by atoms with van der Waals surface area (Å²) in [6.07, 6.45) is 2.87. The molecule has 0 atom stereocenters. The molecule has 0 spiro atoms. The zero-order valence-electron chi connectivity index (χ0n) is 8.31. The summed E-state index contributed by atoms with van der Waals surface area (Å²) in [5.41, 5.74) is 0.197. The van der Waals surface area contributed by atoms with E-state index >= 15 is 0 Å². The fourth-order valence-electron chi connectivity index (χ4n) is 1.21. The van der Waals surface area contributed by atoms with Gasteiger partial charge in [-0.3, -0.25) is 9.78 Å². The Morgan fingerprint density at radius 2 is 2.31 bits per heavy atom. The van der Waals surface area contributed by atoms with Crippen molar-refractivity contribution in [1.29, 1.82) is 0 Å². The maximum absolute atomic E-state index is 13.1. The normalized spacial score (nSPS) is 10.1. The van der Waals surface area contributed by atoms with Gasteiger partial charge in [-0.2, -0.15) is 0 Å². The van der Waals surface area contributed by atoms with Gasteiger partial charge >= 0.3 is 0 Å². The van der Waals surface area contributed by atoms with Gasteiger partial charge in [0.1, 0.15) is 5.82 Å². The molecule has 0 fully saturated rings. The Labute approximate surface area is 91.1 Å². The van der Waals surface area contributed by atoms with Crippen LogP contribution >= 0.6 is 0 Å². The van der Waals surface area contributed by atoms with Crippen molar-refractivity contribution in [2.75, 3.05) is 0 Å². The summed E-state index contributed by atoms with van der Waals surface area (Å²) >= 11 is 0. The van der Waals surface area contributed by atoms with Crippen LogP contribution in [0.25, 0.3) is 0 Å². The number of halogens is 1. The molecule has 5 heteroatoms. The van der Waals surface area contributed by atoms with E-state index in [0.717, 1.165) is 0 Å². The largest absolute Gasteiger partial charge is 0.459 e. The fraction of sp³-hybridized carbons (Fsp3) is 0.0909. The Hall–Kier alpha value is -2.17. The maximum atomic E-state index is 13.1. The molecule has 1 amide bonds. The first-order valence-corrected chi connectivity index (χ1v) is 4.68. The van der Waals surface area contributed by atoms with Crippen LogP contribution in [0.1, 0.15) is 16.2 Å². The quantitative estimate of drug-likeness (QED) is 0.857. The number of nitrogens with one attached hydrogen (secondary N) is 1. The third-order valence-corrected chi connectivity index (χ3v) is 2.00. The molecular formula is C11H9FN2O2. The minimum absolute atomic E-state index is 0.0339. The number of aromatic nitrogens is 1. The first kappa shape index (κ1) is 10.4. The number of hydrogen-bond donors (Lipinski definition) is 1. The third-order valence-electron chi connectivity index (χ3n) is 2.00. The Morgan fingerprint density at radius 3 is 3.00 bits per heavy atom. The van der Waals surface area contributed by atoms with Gasteiger partial charge in [-0.05, 0) is 24.3 Å². The first-order valence-electron chi connectivity index (χ1n) is 4.68. The van der Waals surface area contributed by atoms with E-state index < -0.39 is 11.7 Å². The highest BCUT2D eigenvalue weighted by atomic mass is 19.1. The molecule has 0 saturated carbocycles. The molecule has 16 heavy (non-hydrogen) atoms. The van der Waals surface area contributed by atoms with E-state index in [4.69, 9.17) is 4.42 Å². The van der Waals surface area contributed by atoms with E-state index in [2.05, 4.69) is 10.3 Å². The minimum atomic E-state index is -0.442. The molecule has 2 rings (SSSR count). The van der Waals surface area contributed by atoms with Crippen molar-refractivity contribution < 1.29 is 13.6 Å². The van der Waals surface area contributed by atoms with Crippen LogP contribution in [0.15, 0.2) is 41.1 Å². The van der Waals surface area contributed by atoms with Gasteiger partial charge in [0.05, 0.1) is 18.5 Å². The van der Waals surface area contributed by atoms with E-state index in [0.29, 0.717) is 0 Å². The second-order valence-corrected chi connectivity index (χ2v) is 3.09. The lowest BCUT2D eigenvalue weighted by Gasteiger charge is -2.03. The topological polar surface area (TPSA) is 55.1 Å². The van der Waals surface area contributed by atoms with E-state index in [1.54, 1.807) is 6.07 Å². The van der Waals surface area contributed by atoms with Crippen molar-refractivity contribution in [2.45, 2.75) is 6.54 Å². The molecule has 0 aliphatic carbocycles. The van der Waals surface area contributed by atoms with Gasteiger partial charge in [0, 0.05) is 6.20 Å². The number of hydrogen-bond acceptors (Lipinski definition) is 3. The molecule has 0 radical (unpaired) electrons. The van der Waals surface area contributed by atoms with Crippen molar-refractivity contribution in [2.24, 2.45) is 0 Å². The lowest BCUT2D eigenvalue weighted by Crippen LogP contribution is -2.23. The number of rotatable bonds is 3. The van der Waals surface area contributed by atoms with Crippen LogP contribution in [0.5, 0.6) is 0 Å². The minimum Gasteiger partial charge on any atom is -0.459 e. The molecule has 2 heterocycles. The first-order chi connectivity index (χ1) is 7.77. The predicted octanol–water partition coefficient (Wildman–Crippen LogP) is 1.74. The van der Waals surface area contributed by atoms with Gasteiger partial charge in [0.15, 0.2) is 5.76 Å². The highest BCUT2D eigenvalue weighted by molar-refractivity contribution is 5.91. The molecule has 2 aromatic rings. The summed E-state index contributed by atoms with van der Waals surface area (Å²) in [5, 5.41) is 2.51. The Morgan fingerprint density at radius 1 is 1.44 bits per heavy atom. The number of carbonyl (C=O) groups is 1. The van der Waals surface area contributed by atoms with Gasteiger partial charge in [-0.15, -0.1) is 0 Å².